The monoisotopic (exact) mass is 268 g/mol. The fraction of sp³-hybridized carbons (Fsp3) is 0.500. The maximum atomic E-state index is 11.9. The van der Waals surface area contributed by atoms with Gasteiger partial charge in [0.2, 0.25) is 5.91 Å². The number of anilines is 1. The number of aromatic nitrogens is 1. The number of nitrogens with two attached hydrogens (primary N) is 2. The number of carbonyl (C=O) groups excluding carboxylic acids is 1. The Labute approximate surface area is 112 Å². The van der Waals surface area contributed by atoms with Crippen LogP contribution in [0.5, 0.6) is 0 Å². The second-order valence-corrected chi connectivity index (χ2v) is 6.01. The van der Waals surface area contributed by atoms with Crippen molar-refractivity contribution in [2.45, 2.75) is 31.2 Å². The minimum absolute atomic E-state index is 0.183. The summed E-state index contributed by atoms with van der Waals surface area (Å²) >= 11 is 1.57. The van der Waals surface area contributed by atoms with Crippen molar-refractivity contribution < 1.29 is 4.79 Å². The fourth-order valence-electron chi connectivity index (χ4n) is 1.34. The lowest BCUT2D eigenvalue weighted by Gasteiger charge is -2.28. The molecular weight excluding hydrogens is 248 g/mol. The van der Waals surface area contributed by atoms with Gasteiger partial charge in [-0.05, 0) is 26.2 Å². The lowest BCUT2D eigenvalue weighted by atomic mass is 10.0. The average molecular weight is 268 g/mol. The molecule has 100 valence electrons. The fourth-order valence-corrected chi connectivity index (χ4v) is 1.70. The van der Waals surface area contributed by atoms with E-state index in [2.05, 4.69) is 10.3 Å². The number of nitrogens with zero attached hydrogens (tertiary/aromatic N) is 1. The number of pyridine rings is 1. The Hall–Kier alpha value is -1.27. The third-order valence-electron chi connectivity index (χ3n) is 2.94. The van der Waals surface area contributed by atoms with E-state index in [1.807, 2.05) is 26.2 Å². The van der Waals surface area contributed by atoms with Gasteiger partial charge < -0.3 is 16.8 Å². The van der Waals surface area contributed by atoms with Crippen molar-refractivity contribution >= 4 is 23.5 Å². The van der Waals surface area contributed by atoms with E-state index in [-0.39, 0.29) is 10.7 Å². The van der Waals surface area contributed by atoms with E-state index in [1.165, 1.54) is 0 Å². The highest BCUT2D eigenvalue weighted by Crippen LogP contribution is 2.24. The Kier molecular flexibility index (Phi) is 4.98. The summed E-state index contributed by atoms with van der Waals surface area (Å²) in [5.74, 6) is 0.244. The first kappa shape index (κ1) is 14.8. The number of rotatable bonds is 5. The molecule has 5 nitrogen and oxygen atoms in total. The number of nitrogens with one attached hydrogen (secondary N) is 1. The van der Waals surface area contributed by atoms with Crippen molar-refractivity contribution in [3.8, 4) is 0 Å². The van der Waals surface area contributed by atoms with E-state index in [0.717, 1.165) is 5.56 Å². The van der Waals surface area contributed by atoms with Gasteiger partial charge in [-0.3, -0.25) is 4.79 Å². The van der Waals surface area contributed by atoms with Crippen LogP contribution in [-0.2, 0) is 11.3 Å². The Balaban J connectivity index is 2.59. The third-order valence-corrected chi connectivity index (χ3v) is 4.24. The molecule has 0 unspecified atom stereocenters. The van der Waals surface area contributed by atoms with Crippen molar-refractivity contribution in [3.05, 3.63) is 23.9 Å². The largest absolute Gasteiger partial charge is 0.383 e. The molecule has 0 aliphatic rings. The van der Waals surface area contributed by atoms with Gasteiger partial charge in [-0.15, -0.1) is 0 Å². The highest BCUT2D eigenvalue weighted by Gasteiger charge is 2.31. The number of nitrogen functional groups attached to an aromatic ring is 1. The highest BCUT2D eigenvalue weighted by atomic mass is 32.2. The molecule has 1 atom stereocenters. The maximum absolute atomic E-state index is 11.9. The molecule has 0 fully saturated rings. The van der Waals surface area contributed by atoms with Gasteiger partial charge in [-0.1, -0.05) is 6.07 Å². The molecule has 0 aromatic carbocycles. The summed E-state index contributed by atoms with van der Waals surface area (Å²) < 4.78 is -0.301. The van der Waals surface area contributed by atoms with Crippen molar-refractivity contribution in [1.82, 2.24) is 10.3 Å². The number of hydrogen-bond donors (Lipinski definition) is 3. The Morgan fingerprint density at radius 3 is 2.83 bits per heavy atom. The van der Waals surface area contributed by atoms with Gasteiger partial charge in [0.15, 0.2) is 0 Å². The molecule has 0 spiro atoms. The standard InChI is InChI=1S/C12H20N4OS/c1-12(2,18-3)9(13)11(17)16-7-8-5-4-6-15-10(8)14/h4-6,9H,7,13H2,1-3H3,(H2,14,15)(H,16,17)/t9-/m1/s1. The van der Waals surface area contributed by atoms with Gasteiger partial charge in [0, 0.05) is 23.1 Å². The molecule has 5 N–H and O–H groups in total. The van der Waals surface area contributed by atoms with E-state index in [1.54, 1.807) is 24.0 Å². The van der Waals surface area contributed by atoms with E-state index < -0.39 is 6.04 Å². The third kappa shape index (κ3) is 3.61. The minimum atomic E-state index is -0.564. The number of thioether (sulfide) groups is 1. The lowest BCUT2D eigenvalue weighted by Crippen LogP contribution is -2.51. The summed E-state index contributed by atoms with van der Waals surface area (Å²) in [5, 5.41) is 2.78. The summed E-state index contributed by atoms with van der Waals surface area (Å²) in [6, 6.07) is 3.04. The first-order chi connectivity index (χ1) is 8.38. The van der Waals surface area contributed by atoms with Crippen LogP contribution in [0.3, 0.4) is 0 Å². The van der Waals surface area contributed by atoms with Crippen LogP contribution in [0.4, 0.5) is 5.82 Å². The molecule has 1 amide bonds. The van der Waals surface area contributed by atoms with Gasteiger partial charge in [0.1, 0.15) is 5.82 Å². The molecule has 0 saturated carbocycles. The molecule has 0 saturated heterocycles. The van der Waals surface area contributed by atoms with Crippen molar-refractivity contribution in [2.75, 3.05) is 12.0 Å². The van der Waals surface area contributed by atoms with Crippen LogP contribution in [0.15, 0.2) is 18.3 Å². The number of hydrogen-bond acceptors (Lipinski definition) is 5. The zero-order valence-electron chi connectivity index (χ0n) is 10.9. The van der Waals surface area contributed by atoms with E-state index >= 15 is 0 Å². The zero-order chi connectivity index (χ0) is 13.8. The molecule has 18 heavy (non-hydrogen) atoms. The predicted molar refractivity (Wildman–Crippen MR) is 76.1 cm³/mol. The highest BCUT2D eigenvalue weighted by molar-refractivity contribution is 8.00. The predicted octanol–water partition coefficient (Wildman–Crippen LogP) is 0.749. The van der Waals surface area contributed by atoms with Gasteiger partial charge in [-0.2, -0.15) is 11.8 Å². The SMILES string of the molecule is CSC(C)(C)[C@H](N)C(=O)NCc1cccnc1N. The smallest absolute Gasteiger partial charge is 0.238 e. The summed E-state index contributed by atoms with van der Waals surface area (Å²) in [6.45, 7) is 4.23. The second kappa shape index (κ2) is 6.06. The number of amides is 1. The summed E-state index contributed by atoms with van der Waals surface area (Å²) in [6.07, 6.45) is 3.55. The quantitative estimate of drug-likeness (QED) is 0.732. The van der Waals surface area contributed by atoms with Gasteiger partial charge in [-0.25, -0.2) is 4.98 Å². The molecule has 1 aromatic heterocycles. The summed E-state index contributed by atoms with van der Waals surface area (Å²) in [5.41, 5.74) is 12.4. The van der Waals surface area contributed by atoms with Crippen molar-refractivity contribution in [1.29, 1.82) is 0 Å². The van der Waals surface area contributed by atoms with Crippen LogP contribution < -0.4 is 16.8 Å². The summed E-state index contributed by atoms with van der Waals surface area (Å²) in [4.78, 5) is 15.9. The normalized spacial score (nSPS) is 13.1. The van der Waals surface area contributed by atoms with E-state index in [4.69, 9.17) is 11.5 Å². The lowest BCUT2D eigenvalue weighted by molar-refractivity contribution is -0.123. The molecule has 1 heterocycles. The second-order valence-electron chi connectivity index (χ2n) is 4.55. The Bertz CT molecular complexity index is 422. The molecule has 0 radical (unpaired) electrons. The van der Waals surface area contributed by atoms with Crippen LogP contribution in [0.2, 0.25) is 0 Å². The van der Waals surface area contributed by atoms with E-state index in [9.17, 15) is 4.79 Å². The Morgan fingerprint density at radius 1 is 1.61 bits per heavy atom. The summed E-state index contributed by atoms with van der Waals surface area (Å²) in [7, 11) is 0. The van der Waals surface area contributed by atoms with Crippen molar-refractivity contribution in [3.63, 3.8) is 0 Å². The van der Waals surface area contributed by atoms with Crippen LogP contribution >= 0.6 is 11.8 Å². The molecule has 6 heteroatoms. The van der Waals surface area contributed by atoms with Crippen LogP contribution in [0.1, 0.15) is 19.4 Å². The minimum Gasteiger partial charge on any atom is -0.383 e. The van der Waals surface area contributed by atoms with Crippen LogP contribution in [0.25, 0.3) is 0 Å². The number of carbonyl (C=O) groups is 1. The Morgan fingerprint density at radius 2 is 2.28 bits per heavy atom. The molecular formula is C12H20N4OS. The topological polar surface area (TPSA) is 94.0 Å². The molecule has 1 aromatic rings. The van der Waals surface area contributed by atoms with Crippen molar-refractivity contribution in [2.24, 2.45) is 5.73 Å². The molecule has 0 bridgehead atoms. The molecule has 1 rings (SSSR count). The molecule has 0 aliphatic heterocycles. The van der Waals surface area contributed by atoms with Gasteiger partial charge in [0.25, 0.3) is 0 Å². The maximum Gasteiger partial charge on any atom is 0.238 e. The van der Waals surface area contributed by atoms with E-state index in [0.29, 0.717) is 12.4 Å². The zero-order valence-corrected chi connectivity index (χ0v) is 11.8. The first-order valence-electron chi connectivity index (χ1n) is 5.66. The molecule has 0 aliphatic carbocycles. The average Bonchev–Trinajstić information content (AvgIpc) is 2.36. The van der Waals surface area contributed by atoms with Crippen LogP contribution in [0, 0.1) is 0 Å². The first-order valence-corrected chi connectivity index (χ1v) is 6.88. The van der Waals surface area contributed by atoms with Gasteiger partial charge >= 0.3 is 0 Å². The van der Waals surface area contributed by atoms with Crippen LogP contribution in [-0.4, -0.2) is 27.9 Å². The van der Waals surface area contributed by atoms with Gasteiger partial charge in [0.05, 0.1) is 6.04 Å².